The zero-order chi connectivity index (χ0) is 20.5. The Morgan fingerprint density at radius 3 is 2.90 bits per heavy atom. The summed E-state index contributed by atoms with van der Waals surface area (Å²) >= 11 is 0. The average molecular weight is 405 g/mol. The maximum atomic E-state index is 13.8. The van der Waals surface area contributed by atoms with Gasteiger partial charge in [-0.25, -0.2) is 22.7 Å². The van der Waals surface area contributed by atoms with Gasteiger partial charge in [0.2, 0.25) is 5.91 Å². The van der Waals surface area contributed by atoms with E-state index in [1.807, 2.05) is 0 Å². The van der Waals surface area contributed by atoms with Gasteiger partial charge in [-0.3, -0.25) is 4.79 Å². The molecule has 3 heterocycles. The molecule has 2 aromatic heterocycles. The SMILES string of the molecule is C[C@H]1Nc2ccn3ncc(c3n2)CC(=O)N[C@@H](C(F)F)COc2ccc(F)cc21. The Kier molecular flexibility index (Phi) is 4.99. The first-order chi connectivity index (χ1) is 13.9. The molecule has 7 nitrogen and oxygen atoms in total. The fraction of sp³-hybridized carbons (Fsp3) is 0.316. The molecule has 2 N–H and O–H groups in total. The minimum Gasteiger partial charge on any atom is -0.491 e. The predicted octanol–water partition coefficient (Wildman–Crippen LogP) is 2.73. The van der Waals surface area contributed by atoms with Gasteiger partial charge >= 0.3 is 0 Å². The second-order valence-electron chi connectivity index (χ2n) is 6.80. The lowest BCUT2D eigenvalue weighted by atomic mass is 10.1. The van der Waals surface area contributed by atoms with E-state index in [4.69, 9.17) is 4.74 Å². The second kappa shape index (κ2) is 7.61. The second-order valence-corrected chi connectivity index (χ2v) is 6.80. The number of alkyl halides is 2. The third-order valence-electron chi connectivity index (χ3n) is 4.66. The summed E-state index contributed by atoms with van der Waals surface area (Å²) in [6.07, 6.45) is 0.148. The van der Waals surface area contributed by atoms with Crippen LogP contribution in [0.1, 0.15) is 24.1 Å². The van der Waals surface area contributed by atoms with Gasteiger partial charge in [0.1, 0.15) is 30.0 Å². The van der Waals surface area contributed by atoms with Gasteiger partial charge in [-0.15, -0.1) is 0 Å². The molecule has 0 fully saturated rings. The number of aromatic nitrogens is 3. The Balaban J connectivity index is 1.78. The van der Waals surface area contributed by atoms with E-state index in [1.165, 1.54) is 28.9 Å². The molecule has 10 heteroatoms. The molecule has 1 aromatic carbocycles. The molecule has 0 unspecified atom stereocenters. The van der Waals surface area contributed by atoms with Crippen LogP contribution < -0.4 is 15.4 Å². The molecule has 0 saturated carbocycles. The van der Waals surface area contributed by atoms with Crippen LogP contribution in [-0.2, 0) is 11.2 Å². The van der Waals surface area contributed by atoms with Gasteiger partial charge < -0.3 is 15.4 Å². The van der Waals surface area contributed by atoms with Crippen LogP contribution in [0.2, 0.25) is 0 Å². The summed E-state index contributed by atoms with van der Waals surface area (Å²) in [4.78, 5) is 16.8. The lowest BCUT2D eigenvalue weighted by Crippen LogP contribution is -2.44. The zero-order valence-electron chi connectivity index (χ0n) is 15.4. The minimum absolute atomic E-state index is 0.152. The predicted molar refractivity (Wildman–Crippen MR) is 98.6 cm³/mol. The third kappa shape index (κ3) is 3.96. The number of nitrogens with one attached hydrogen (secondary N) is 2. The van der Waals surface area contributed by atoms with Crippen molar-refractivity contribution in [3.63, 3.8) is 0 Å². The molecule has 1 aliphatic rings. The molecular formula is C19H18F3N5O2. The number of carbonyl (C=O) groups excluding carboxylic acids is 1. The molecule has 152 valence electrons. The Hall–Kier alpha value is -3.30. The number of anilines is 1. The molecule has 4 rings (SSSR count). The van der Waals surface area contributed by atoms with Crippen LogP contribution in [0.3, 0.4) is 0 Å². The van der Waals surface area contributed by atoms with E-state index in [1.54, 1.807) is 19.2 Å². The largest absolute Gasteiger partial charge is 0.491 e. The number of hydrogen-bond donors (Lipinski definition) is 2. The van der Waals surface area contributed by atoms with Crippen LogP contribution in [0.25, 0.3) is 5.65 Å². The van der Waals surface area contributed by atoms with Gasteiger partial charge in [0.25, 0.3) is 6.43 Å². The number of nitrogens with zero attached hydrogens (tertiary/aromatic N) is 3. The maximum Gasteiger partial charge on any atom is 0.261 e. The monoisotopic (exact) mass is 405 g/mol. The van der Waals surface area contributed by atoms with E-state index in [-0.39, 0.29) is 12.2 Å². The summed E-state index contributed by atoms with van der Waals surface area (Å²) < 4.78 is 47.7. The molecular weight excluding hydrogens is 387 g/mol. The van der Waals surface area contributed by atoms with Gasteiger partial charge in [0.05, 0.1) is 18.7 Å². The van der Waals surface area contributed by atoms with Gasteiger partial charge in [-0.05, 0) is 31.2 Å². The van der Waals surface area contributed by atoms with Crippen molar-refractivity contribution < 1.29 is 22.7 Å². The van der Waals surface area contributed by atoms with Crippen molar-refractivity contribution >= 4 is 17.4 Å². The summed E-state index contributed by atoms with van der Waals surface area (Å²) in [5.41, 5.74) is 1.37. The summed E-state index contributed by atoms with van der Waals surface area (Å²) in [5, 5.41) is 9.58. The Morgan fingerprint density at radius 2 is 2.10 bits per heavy atom. The molecule has 2 bridgehead atoms. The Labute approximate surface area is 163 Å². The number of rotatable bonds is 1. The number of halogens is 3. The van der Waals surface area contributed by atoms with E-state index < -0.39 is 36.8 Å². The summed E-state index contributed by atoms with van der Waals surface area (Å²) in [5.74, 6) is -0.347. The van der Waals surface area contributed by atoms with E-state index in [2.05, 4.69) is 20.7 Å². The van der Waals surface area contributed by atoms with Crippen molar-refractivity contribution in [2.75, 3.05) is 11.9 Å². The minimum atomic E-state index is -2.83. The fourth-order valence-corrected chi connectivity index (χ4v) is 3.20. The normalized spacial score (nSPS) is 20.0. The van der Waals surface area contributed by atoms with Crippen molar-refractivity contribution in [2.45, 2.75) is 31.9 Å². The Bertz CT molecular complexity index is 1060. The summed E-state index contributed by atoms with van der Waals surface area (Å²) in [6.45, 7) is 1.32. The molecule has 1 aliphatic heterocycles. The number of fused-ring (bicyclic) bond motifs is 2. The quantitative estimate of drug-likeness (QED) is 0.651. The highest BCUT2D eigenvalue weighted by molar-refractivity contribution is 5.80. The highest BCUT2D eigenvalue weighted by Gasteiger charge is 2.25. The first-order valence-electron chi connectivity index (χ1n) is 9.00. The van der Waals surface area contributed by atoms with E-state index in [0.29, 0.717) is 22.6 Å². The molecule has 0 aliphatic carbocycles. The lowest BCUT2D eigenvalue weighted by Gasteiger charge is -2.22. The van der Waals surface area contributed by atoms with Crippen molar-refractivity contribution in [3.05, 3.63) is 53.6 Å². The highest BCUT2D eigenvalue weighted by Crippen LogP contribution is 2.29. The highest BCUT2D eigenvalue weighted by atomic mass is 19.3. The number of benzene rings is 1. The average Bonchev–Trinajstić information content (AvgIpc) is 3.07. The molecule has 0 radical (unpaired) electrons. The van der Waals surface area contributed by atoms with Gasteiger partial charge in [-0.1, -0.05) is 0 Å². The number of amides is 1. The van der Waals surface area contributed by atoms with Crippen LogP contribution in [0.5, 0.6) is 5.75 Å². The molecule has 2 atom stereocenters. The fourth-order valence-electron chi connectivity index (χ4n) is 3.20. The Morgan fingerprint density at radius 1 is 1.28 bits per heavy atom. The molecule has 29 heavy (non-hydrogen) atoms. The maximum absolute atomic E-state index is 13.8. The molecule has 0 saturated heterocycles. The summed E-state index contributed by atoms with van der Waals surface area (Å²) in [6, 6.07) is 3.59. The van der Waals surface area contributed by atoms with Crippen LogP contribution in [0.15, 0.2) is 36.7 Å². The van der Waals surface area contributed by atoms with Crippen molar-refractivity contribution in [3.8, 4) is 5.75 Å². The smallest absolute Gasteiger partial charge is 0.261 e. The van der Waals surface area contributed by atoms with E-state index in [0.717, 1.165) is 0 Å². The molecule has 3 aromatic rings. The van der Waals surface area contributed by atoms with Gasteiger partial charge in [0.15, 0.2) is 5.65 Å². The number of hydrogen-bond acceptors (Lipinski definition) is 5. The summed E-state index contributed by atoms with van der Waals surface area (Å²) in [7, 11) is 0. The zero-order valence-corrected chi connectivity index (χ0v) is 15.4. The van der Waals surface area contributed by atoms with Gasteiger partial charge in [-0.2, -0.15) is 5.10 Å². The first-order valence-corrected chi connectivity index (χ1v) is 9.00. The van der Waals surface area contributed by atoms with Gasteiger partial charge in [0, 0.05) is 17.3 Å². The molecule has 1 amide bonds. The van der Waals surface area contributed by atoms with Crippen LogP contribution in [-0.4, -0.2) is 39.6 Å². The first kappa shape index (κ1) is 19.0. The number of carbonyl (C=O) groups is 1. The van der Waals surface area contributed by atoms with Crippen LogP contribution >= 0.6 is 0 Å². The van der Waals surface area contributed by atoms with Crippen LogP contribution in [0.4, 0.5) is 19.0 Å². The number of ether oxygens (including phenoxy) is 1. The van der Waals surface area contributed by atoms with Crippen molar-refractivity contribution in [1.29, 1.82) is 0 Å². The lowest BCUT2D eigenvalue weighted by molar-refractivity contribution is -0.122. The van der Waals surface area contributed by atoms with Crippen molar-refractivity contribution in [2.24, 2.45) is 0 Å². The van der Waals surface area contributed by atoms with E-state index >= 15 is 0 Å². The third-order valence-corrected chi connectivity index (χ3v) is 4.66. The van der Waals surface area contributed by atoms with E-state index in [9.17, 15) is 18.0 Å². The topological polar surface area (TPSA) is 80.5 Å². The standard InChI is InChI=1S/C19H18F3N5O2/c1-10-13-7-12(20)2-3-15(13)29-9-14(18(21)22)25-17(28)6-11-8-23-27-5-4-16(24-10)26-19(11)27/h2-5,7-8,10,14,18H,6,9H2,1H3,(H,24,26)(H,25,28)/t10-,14-/m1/s1. The molecule has 0 spiro atoms. The van der Waals surface area contributed by atoms with Crippen molar-refractivity contribution in [1.82, 2.24) is 19.9 Å². The van der Waals surface area contributed by atoms with Crippen LogP contribution in [0, 0.1) is 5.82 Å².